The van der Waals surface area contributed by atoms with Crippen LogP contribution in [0.4, 0.5) is 0 Å². The summed E-state index contributed by atoms with van der Waals surface area (Å²) in [5.74, 6) is 1.14. The van der Waals surface area contributed by atoms with Crippen LogP contribution in [-0.2, 0) is 0 Å². The molecule has 1 saturated heterocycles. The van der Waals surface area contributed by atoms with Crippen LogP contribution in [0.3, 0.4) is 0 Å². The maximum absolute atomic E-state index is 9.37. The Morgan fingerprint density at radius 3 is 2.09 bits per heavy atom. The van der Waals surface area contributed by atoms with Crippen molar-refractivity contribution in [3.05, 3.63) is 23.3 Å². The van der Waals surface area contributed by atoms with Crippen LogP contribution in [0.2, 0.25) is 0 Å². The second-order valence-corrected chi connectivity index (χ2v) is 5.42. The molecular weight excluding hydrogens is 282 g/mol. The summed E-state index contributed by atoms with van der Waals surface area (Å²) in [5, 5.41) is 25.2. The highest BCUT2D eigenvalue weighted by Gasteiger charge is 2.16. The molecule has 0 saturated carbocycles. The van der Waals surface area contributed by atoms with E-state index in [-0.39, 0.29) is 0 Å². The third-order valence-corrected chi connectivity index (χ3v) is 3.83. The Labute approximate surface area is 134 Å². The van der Waals surface area contributed by atoms with Crippen LogP contribution in [0.1, 0.15) is 30.4 Å². The van der Waals surface area contributed by atoms with Gasteiger partial charge in [0, 0.05) is 13.2 Å². The summed E-state index contributed by atoms with van der Waals surface area (Å²) in [6, 6.07) is 4.06. The molecule has 3 N–H and O–H groups in total. The normalized spacial score (nSPS) is 17.7. The van der Waals surface area contributed by atoms with Crippen LogP contribution >= 0.6 is 0 Å². The molecule has 0 radical (unpaired) electrons. The molecule has 1 aromatic rings. The van der Waals surface area contributed by atoms with Gasteiger partial charge in [0.05, 0.1) is 13.7 Å². The smallest absolute Gasteiger partial charge is 0.121 e. The number of likely N-dealkylation sites (tertiary alicyclic amines) is 1. The van der Waals surface area contributed by atoms with Gasteiger partial charge in [-0.1, -0.05) is 6.42 Å². The molecule has 1 aromatic carbocycles. The van der Waals surface area contributed by atoms with Crippen LogP contribution in [0.5, 0.6) is 11.5 Å². The first-order valence-electron chi connectivity index (χ1n) is 7.59. The van der Waals surface area contributed by atoms with Crippen LogP contribution in [0.25, 0.3) is 0 Å². The van der Waals surface area contributed by atoms with Crippen molar-refractivity contribution in [2.24, 2.45) is 0 Å². The van der Waals surface area contributed by atoms with Crippen molar-refractivity contribution >= 4 is 0 Å². The predicted molar refractivity (Wildman–Crippen MR) is 89.6 cm³/mol. The monoisotopic (exact) mass is 313 g/mol. The summed E-state index contributed by atoms with van der Waals surface area (Å²) >= 11 is 0. The molecule has 22 heavy (non-hydrogen) atoms. The number of hydrogen-bond donors (Lipinski definition) is 3. The van der Waals surface area contributed by atoms with E-state index in [9.17, 15) is 5.11 Å². The predicted octanol–water partition coefficient (Wildman–Crippen LogP) is 2.09. The number of nitrogens with zero attached hydrogens (tertiary/aromatic N) is 1. The van der Waals surface area contributed by atoms with Gasteiger partial charge in [-0.25, -0.2) is 0 Å². The van der Waals surface area contributed by atoms with Gasteiger partial charge in [-0.3, -0.25) is 0 Å². The van der Waals surface area contributed by atoms with E-state index in [0.29, 0.717) is 18.4 Å². The minimum atomic E-state index is 0.330. The van der Waals surface area contributed by atoms with Crippen molar-refractivity contribution in [3.8, 4) is 11.5 Å². The van der Waals surface area contributed by atoms with Crippen LogP contribution in [0.15, 0.2) is 12.1 Å². The number of hydrogen-bond acceptors (Lipinski definition) is 5. The Balaban J connectivity index is 0.000000366. The summed E-state index contributed by atoms with van der Waals surface area (Å²) in [5.41, 5.74) is 1.70. The van der Waals surface area contributed by atoms with Gasteiger partial charge in [0.25, 0.3) is 0 Å². The molecule has 1 aliphatic rings. The van der Waals surface area contributed by atoms with Crippen molar-refractivity contribution < 1.29 is 20.1 Å². The number of piperidine rings is 1. The largest absolute Gasteiger partial charge is 0.507 e. The number of phenolic OH excluding ortho intramolecular Hbond substituents is 1. The fourth-order valence-electron chi connectivity index (χ4n) is 2.41. The summed E-state index contributed by atoms with van der Waals surface area (Å²) in [6.45, 7) is 5.19. The highest BCUT2D eigenvalue weighted by molar-refractivity contribution is 5.44. The molecule has 0 bridgehead atoms. The van der Waals surface area contributed by atoms with E-state index in [0.717, 1.165) is 30.5 Å². The molecule has 128 valence electrons. The number of phenols is 1. The lowest BCUT2D eigenvalue weighted by Crippen LogP contribution is -2.38. The second-order valence-electron chi connectivity index (χ2n) is 5.42. The number of aliphatic hydroxyl groups excluding tert-OH is 2. The molecule has 5 heteroatoms. The maximum Gasteiger partial charge on any atom is 0.121 e. The number of aliphatic hydroxyl groups is 2. The molecule has 5 nitrogen and oxygen atoms in total. The standard InChI is InChI=1S/C9H12O2.C7H15NO.CH4O/c1-6-4-8(11-3)5-7(2)9(6)10;1-8-5-3-2-4-7(8)6-9;1-2/h4-5,10H,1-3H3;7,9H,2-6H2,1H3;2H,1H3. The van der Waals surface area contributed by atoms with Crippen molar-refractivity contribution in [1.82, 2.24) is 4.90 Å². The zero-order valence-corrected chi connectivity index (χ0v) is 14.5. The van der Waals surface area contributed by atoms with Gasteiger partial charge >= 0.3 is 0 Å². The van der Waals surface area contributed by atoms with E-state index in [2.05, 4.69) is 11.9 Å². The lowest BCUT2D eigenvalue weighted by atomic mass is 10.0. The Bertz CT molecular complexity index is 400. The molecular formula is C17H31NO4. The summed E-state index contributed by atoms with van der Waals surface area (Å²) in [4.78, 5) is 2.24. The third-order valence-electron chi connectivity index (χ3n) is 3.83. The highest BCUT2D eigenvalue weighted by atomic mass is 16.5. The van der Waals surface area contributed by atoms with Gasteiger partial charge in [0.1, 0.15) is 11.5 Å². The zero-order valence-electron chi connectivity index (χ0n) is 14.5. The average Bonchev–Trinajstić information content (AvgIpc) is 2.55. The van der Waals surface area contributed by atoms with Gasteiger partial charge in [0.2, 0.25) is 0 Å². The molecule has 1 atom stereocenters. The number of ether oxygens (including phenoxy) is 1. The molecule has 0 aromatic heterocycles. The molecule has 1 fully saturated rings. The summed E-state index contributed by atoms with van der Waals surface area (Å²) < 4.78 is 5.02. The first kappa shape index (κ1) is 20.7. The highest BCUT2D eigenvalue weighted by Crippen LogP contribution is 2.26. The zero-order chi connectivity index (χ0) is 17.1. The van der Waals surface area contributed by atoms with E-state index >= 15 is 0 Å². The SMILES string of the molecule is CN1CCCCC1CO.CO.COc1cc(C)c(O)c(C)c1. The summed E-state index contributed by atoms with van der Waals surface area (Å²) in [6.07, 6.45) is 3.76. The van der Waals surface area contributed by atoms with Gasteiger partial charge in [-0.15, -0.1) is 0 Å². The number of aromatic hydroxyl groups is 1. The molecule has 0 spiro atoms. The first-order chi connectivity index (χ1) is 10.5. The van der Waals surface area contributed by atoms with Crippen LogP contribution in [0, 0.1) is 13.8 Å². The molecule has 0 amide bonds. The topological polar surface area (TPSA) is 73.2 Å². The van der Waals surface area contributed by atoms with E-state index in [1.807, 2.05) is 26.0 Å². The Kier molecular flexibility index (Phi) is 10.6. The third kappa shape index (κ3) is 6.64. The van der Waals surface area contributed by atoms with E-state index in [1.54, 1.807) is 7.11 Å². The maximum atomic E-state index is 9.37. The minimum absolute atomic E-state index is 0.330. The molecule has 1 heterocycles. The molecule has 1 aliphatic heterocycles. The van der Waals surface area contributed by atoms with E-state index in [1.165, 1.54) is 19.3 Å². The summed E-state index contributed by atoms with van der Waals surface area (Å²) in [7, 11) is 4.70. The lowest BCUT2D eigenvalue weighted by molar-refractivity contribution is 0.114. The number of benzene rings is 1. The number of rotatable bonds is 2. The van der Waals surface area contributed by atoms with Gasteiger partial charge in [0.15, 0.2) is 0 Å². The lowest BCUT2D eigenvalue weighted by Gasteiger charge is -2.30. The van der Waals surface area contributed by atoms with Gasteiger partial charge < -0.3 is 25.0 Å². The van der Waals surface area contributed by atoms with Gasteiger partial charge in [-0.05, 0) is 63.5 Å². The number of methoxy groups -OCH3 is 1. The molecule has 0 aliphatic carbocycles. The number of aryl methyl sites for hydroxylation is 2. The minimum Gasteiger partial charge on any atom is -0.507 e. The molecule has 2 rings (SSSR count). The van der Waals surface area contributed by atoms with Crippen molar-refractivity contribution in [1.29, 1.82) is 0 Å². The van der Waals surface area contributed by atoms with Crippen molar-refractivity contribution in [2.75, 3.05) is 34.4 Å². The average molecular weight is 313 g/mol. The Morgan fingerprint density at radius 1 is 1.18 bits per heavy atom. The number of likely N-dealkylation sites (N-methyl/N-ethyl adjacent to an activating group) is 1. The van der Waals surface area contributed by atoms with Crippen LogP contribution in [-0.4, -0.2) is 60.7 Å². The molecule has 1 unspecified atom stereocenters. The fraction of sp³-hybridized carbons (Fsp3) is 0.647. The fourth-order valence-corrected chi connectivity index (χ4v) is 2.41. The van der Waals surface area contributed by atoms with E-state index in [4.69, 9.17) is 14.9 Å². The first-order valence-corrected chi connectivity index (χ1v) is 7.59. The Morgan fingerprint density at radius 2 is 1.73 bits per heavy atom. The quantitative estimate of drug-likeness (QED) is 0.780. The van der Waals surface area contributed by atoms with Crippen molar-refractivity contribution in [2.45, 2.75) is 39.2 Å². The van der Waals surface area contributed by atoms with Crippen LogP contribution < -0.4 is 4.74 Å². The Hall–Kier alpha value is -1.30. The van der Waals surface area contributed by atoms with E-state index < -0.39 is 0 Å². The second kappa shape index (κ2) is 11.3. The van der Waals surface area contributed by atoms with Gasteiger partial charge in [-0.2, -0.15) is 0 Å². The van der Waals surface area contributed by atoms with Crippen molar-refractivity contribution in [3.63, 3.8) is 0 Å².